The van der Waals surface area contributed by atoms with Gasteiger partial charge in [-0.1, -0.05) is 23.7 Å². The first-order valence-corrected chi connectivity index (χ1v) is 6.93. The maximum Gasteiger partial charge on any atom is 0.348 e. The smallest absolute Gasteiger partial charge is 0.348 e. The zero-order valence-corrected chi connectivity index (χ0v) is 11.9. The van der Waals surface area contributed by atoms with Gasteiger partial charge in [-0.2, -0.15) is 0 Å². The van der Waals surface area contributed by atoms with Crippen LogP contribution in [-0.2, 0) is 11.2 Å². The minimum atomic E-state index is -0.367. The second-order valence-corrected chi connectivity index (χ2v) is 5.43. The molecule has 3 nitrogen and oxygen atoms in total. The van der Waals surface area contributed by atoms with Crippen LogP contribution in [0, 0.1) is 0 Å². The van der Waals surface area contributed by atoms with Crippen LogP contribution in [0.4, 0.5) is 0 Å². The number of carbonyl (C=O) groups excluding carboxylic acids is 1. The van der Waals surface area contributed by atoms with Gasteiger partial charge in [0.15, 0.2) is 0 Å². The molecule has 0 saturated heterocycles. The first-order chi connectivity index (χ1) is 9.15. The summed E-state index contributed by atoms with van der Waals surface area (Å²) < 4.78 is 4.76. The third-order valence-electron chi connectivity index (χ3n) is 2.69. The highest BCUT2D eigenvalue weighted by Gasteiger charge is 2.17. The lowest BCUT2D eigenvalue weighted by molar-refractivity contribution is 0.0605. The second-order valence-electron chi connectivity index (χ2n) is 3.94. The third-order valence-corrected chi connectivity index (χ3v) is 4.15. The van der Waals surface area contributed by atoms with E-state index in [1.54, 1.807) is 12.1 Å². The van der Waals surface area contributed by atoms with Crippen LogP contribution in [0.3, 0.4) is 0 Å². The van der Waals surface area contributed by atoms with Gasteiger partial charge < -0.3 is 9.84 Å². The average molecular weight is 297 g/mol. The molecule has 0 aliphatic rings. The van der Waals surface area contributed by atoms with Crippen LogP contribution in [0.25, 0.3) is 10.4 Å². The molecule has 1 N–H and O–H groups in total. The van der Waals surface area contributed by atoms with Crippen LogP contribution in [0.2, 0.25) is 5.02 Å². The summed E-state index contributed by atoms with van der Waals surface area (Å²) in [4.78, 5) is 13.2. The van der Waals surface area contributed by atoms with Gasteiger partial charge in [0.2, 0.25) is 0 Å². The van der Waals surface area contributed by atoms with Crippen molar-refractivity contribution in [3.63, 3.8) is 0 Å². The van der Waals surface area contributed by atoms with E-state index in [4.69, 9.17) is 21.4 Å². The molecule has 2 rings (SSSR count). The van der Waals surface area contributed by atoms with Gasteiger partial charge in [-0.15, -0.1) is 11.3 Å². The van der Waals surface area contributed by atoms with Crippen LogP contribution >= 0.6 is 22.9 Å². The lowest BCUT2D eigenvalue weighted by Gasteiger charge is -1.98. The van der Waals surface area contributed by atoms with Gasteiger partial charge in [0.05, 0.1) is 7.11 Å². The van der Waals surface area contributed by atoms with Gasteiger partial charge in [0, 0.05) is 16.5 Å². The minimum absolute atomic E-state index is 0.000779. The van der Waals surface area contributed by atoms with Crippen LogP contribution < -0.4 is 0 Å². The van der Waals surface area contributed by atoms with E-state index < -0.39 is 0 Å². The van der Waals surface area contributed by atoms with E-state index in [-0.39, 0.29) is 12.6 Å². The van der Waals surface area contributed by atoms with Gasteiger partial charge >= 0.3 is 5.97 Å². The van der Waals surface area contributed by atoms with Crippen LogP contribution in [0.15, 0.2) is 30.3 Å². The first-order valence-electron chi connectivity index (χ1n) is 5.73. The number of halogens is 1. The zero-order chi connectivity index (χ0) is 13.8. The number of thiophene rings is 1. The largest absolute Gasteiger partial charge is 0.465 e. The van der Waals surface area contributed by atoms with Crippen LogP contribution in [0.1, 0.15) is 15.2 Å². The Morgan fingerprint density at radius 2 is 2.05 bits per heavy atom. The number of aliphatic hydroxyl groups excluding tert-OH is 1. The molecule has 0 fully saturated rings. The number of benzene rings is 1. The minimum Gasteiger partial charge on any atom is -0.465 e. The van der Waals surface area contributed by atoms with E-state index >= 15 is 0 Å². The summed E-state index contributed by atoms with van der Waals surface area (Å²) in [7, 11) is 1.35. The van der Waals surface area contributed by atoms with Crippen molar-refractivity contribution in [1.29, 1.82) is 0 Å². The number of ether oxygens (including phenoxy) is 1. The monoisotopic (exact) mass is 296 g/mol. The molecule has 0 atom stereocenters. The average Bonchev–Trinajstić information content (AvgIpc) is 2.83. The fraction of sp³-hybridized carbons (Fsp3) is 0.214. The highest BCUT2D eigenvalue weighted by Crippen LogP contribution is 2.33. The maximum atomic E-state index is 11.7. The molecule has 100 valence electrons. The Labute approximate surface area is 120 Å². The van der Waals surface area contributed by atoms with Crippen molar-refractivity contribution in [3.8, 4) is 10.4 Å². The van der Waals surface area contributed by atoms with E-state index in [1.807, 2.05) is 18.2 Å². The van der Waals surface area contributed by atoms with Gasteiger partial charge in [-0.05, 0) is 35.7 Å². The van der Waals surface area contributed by atoms with Gasteiger partial charge in [0.1, 0.15) is 4.88 Å². The predicted octanol–water partition coefficient (Wildman–Crippen LogP) is 3.39. The molecule has 1 aromatic carbocycles. The topological polar surface area (TPSA) is 46.5 Å². The Balaban J connectivity index is 2.41. The summed E-state index contributed by atoms with van der Waals surface area (Å²) in [6.45, 7) is 0.000779. The highest BCUT2D eigenvalue weighted by molar-refractivity contribution is 7.17. The predicted molar refractivity (Wildman–Crippen MR) is 76.9 cm³/mol. The SMILES string of the molecule is COC(=O)c1sc(-c2ccc(Cl)cc2)cc1CCO. The number of methoxy groups -OCH3 is 1. The molecule has 0 radical (unpaired) electrons. The Morgan fingerprint density at radius 1 is 1.37 bits per heavy atom. The second kappa shape index (κ2) is 6.19. The molecular formula is C14H13ClO3S. The molecule has 2 aromatic rings. The Hall–Kier alpha value is -1.36. The molecule has 0 aliphatic heterocycles. The summed E-state index contributed by atoms with van der Waals surface area (Å²) >= 11 is 7.22. The number of esters is 1. The molecule has 0 aliphatic carbocycles. The van der Waals surface area contributed by atoms with E-state index in [0.717, 1.165) is 16.0 Å². The molecule has 0 spiro atoms. The van der Waals surface area contributed by atoms with E-state index in [0.29, 0.717) is 16.3 Å². The lowest BCUT2D eigenvalue weighted by atomic mass is 10.1. The van der Waals surface area contributed by atoms with Crippen LogP contribution in [0.5, 0.6) is 0 Å². The van der Waals surface area contributed by atoms with Gasteiger partial charge in [-0.3, -0.25) is 0 Å². The maximum absolute atomic E-state index is 11.7. The first kappa shape index (κ1) is 14.1. The molecule has 1 heterocycles. The molecule has 5 heteroatoms. The van der Waals surface area contributed by atoms with Crippen molar-refractivity contribution in [1.82, 2.24) is 0 Å². The van der Waals surface area contributed by atoms with Crippen molar-refractivity contribution >= 4 is 28.9 Å². The Kier molecular flexibility index (Phi) is 4.58. The van der Waals surface area contributed by atoms with E-state index in [1.165, 1.54) is 18.4 Å². The highest BCUT2D eigenvalue weighted by atomic mass is 35.5. The van der Waals surface area contributed by atoms with Crippen molar-refractivity contribution in [2.75, 3.05) is 13.7 Å². The van der Waals surface area contributed by atoms with E-state index in [9.17, 15) is 4.79 Å². The summed E-state index contributed by atoms with van der Waals surface area (Å²) in [5, 5.41) is 9.72. The Bertz CT molecular complexity index is 575. The summed E-state index contributed by atoms with van der Waals surface area (Å²) in [6, 6.07) is 9.33. The fourth-order valence-electron chi connectivity index (χ4n) is 1.76. The number of aliphatic hydroxyl groups is 1. The van der Waals surface area contributed by atoms with Gasteiger partial charge in [0.25, 0.3) is 0 Å². The molecule has 0 unspecified atom stereocenters. The number of hydrogen-bond donors (Lipinski definition) is 1. The normalized spacial score (nSPS) is 10.5. The van der Waals surface area contributed by atoms with Gasteiger partial charge in [-0.25, -0.2) is 4.79 Å². The zero-order valence-electron chi connectivity index (χ0n) is 10.4. The summed E-state index contributed by atoms with van der Waals surface area (Å²) in [6.07, 6.45) is 0.439. The number of carbonyl (C=O) groups is 1. The third kappa shape index (κ3) is 3.15. The molecule has 1 aromatic heterocycles. The summed E-state index contributed by atoms with van der Waals surface area (Å²) in [5.41, 5.74) is 1.80. The van der Waals surface area contributed by atoms with Crippen LogP contribution in [-0.4, -0.2) is 24.8 Å². The van der Waals surface area contributed by atoms with Crippen molar-refractivity contribution < 1.29 is 14.6 Å². The summed E-state index contributed by atoms with van der Waals surface area (Å²) in [5.74, 6) is -0.367. The standard InChI is InChI=1S/C14H13ClO3S/c1-18-14(17)13-10(6-7-16)8-12(19-13)9-2-4-11(15)5-3-9/h2-5,8,16H,6-7H2,1H3. The lowest BCUT2D eigenvalue weighted by Crippen LogP contribution is -2.02. The molecule has 0 saturated carbocycles. The fourth-order valence-corrected chi connectivity index (χ4v) is 3.02. The molecule has 0 bridgehead atoms. The molecular weight excluding hydrogens is 284 g/mol. The quantitative estimate of drug-likeness (QED) is 0.880. The van der Waals surface area contributed by atoms with Crippen molar-refractivity contribution in [2.24, 2.45) is 0 Å². The Morgan fingerprint density at radius 3 is 2.63 bits per heavy atom. The molecule has 0 amide bonds. The van der Waals surface area contributed by atoms with Crippen molar-refractivity contribution in [3.05, 3.63) is 45.8 Å². The molecule has 19 heavy (non-hydrogen) atoms. The number of rotatable bonds is 4. The number of hydrogen-bond acceptors (Lipinski definition) is 4. The van der Waals surface area contributed by atoms with Crippen molar-refractivity contribution in [2.45, 2.75) is 6.42 Å². The van der Waals surface area contributed by atoms with E-state index in [2.05, 4.69) is 0 Å².